The molecule has 9 heteroatoms. The van der Waals surface area contributed by atoms with E-state index in [4.69, 9.17) is 19.2 Å². The summed E-state index contributed by atoms with van der Waals surface area (Å²) in [6, 6.07) is 21.8. The predicted octanol–water partition coefficient (Wildman–Crippen LogP) is 5.04. The Balaban J connectivity index is 1.35. The number of rotatable bonds is 11. The summed E-state index contributed by atoms with van der Waals surface area (Å²) in [7, 11) is 3.75. The van der Waals surface area contributed by atoms with Crippen LogP contribution in [0.4, 0.5) is 10.8 Å². The number of fused-ring (bicyclic) bond motifs is 1. The molecule has 1 aliphatic rings. The van der Waals surface area contributed by atoms with Gasteiger partial charge in [0, 0.05) is 38.9 Å². The van der Waals surface area contributed by atoms with Crippen molar-refractivity contribution in [2.24, 2.45) is 0 Å². The molecule has 0 saturated carbocycles. The molecule has 0 unspecified atom stereocenters. The van der Waals surface area contributed by atoms with Crippen molar-refractivity contribution in [2.75, 3.05) is 63.8 Å². The fraction of sp³-hybridized carbons (Fsp3) is 0.333. The Kier molecular flexibility index (Phi) is 9.05. The molecule has 5 rings (SSSR count). The molecule has 0 spiro atoms. The monoisotopic (exact) mass is 546 g/mol. The van der Waals surface area contributed by atoms with Crippen LogP contribution in [0.3, 0.4) is 0 Å². The number of amides is 1. The van der Waals surface area contributed by atoms with Gasteiger partial charge in [-0.2, -0.15) is 0 Å². The van der Waals surface area contributed by atoms with Crippen molar-refractivity contribution >= 4 is 38.3 Å². The summed E-state index contributed by atoms with van der Waals surface area (Å²) in [5, 5.41) is 3.55. The summed E-state index contributed by atoms with van der Waals surface area (Å²) in [4.78, 5) is 22.4. The molecule has 1 aromatic heterocycles. The number of hydrogen-bond donors (Lipinski definition) is 1. The molecule has 1 fully saturated rings. The molecule has 1 saturated heterocycles. The molecule has 39 heavy (non-hydrogen) atoms. The third-order valence-electron chi connectivity index (χ3n) is 6.64. The Labute approximate surface area is 233 Å². The minimum Gasteiger partial charge on any atom is -0.487 e. The van der Waals surface area contributed by atoms with Gasteiger partial charge in [-0.25, -0.2) is 4.98 Å². The number of ether oxygens (including phenoxy) is 3. The van der Waals surface area contributed by atoms with Gasteiger partial charge in [0.25, 0.3) is 5.91 Å². The quantitative estimate of drug-likeness (QED) is 0.282. The van der Waals surface area contributed by atoms with E-state index in [9.17, 15) is 4.79 Å². The number of likely N-dealkylation sites (N-methyl/N-ethyl adjacent to an activating group) is 1. The maximum Gasteiger partial charge on any atom is 0.257 e. The van der Waals surface area contributed by atoms with Gasteiger partial charge in [0.05, 0.1) is 30.2 Å². The second-order valence-corrected chi connectivity index (χ2v) is 10.5. The molecule has 0 bridgehead atoms. The first-order chi connectivity index (χ1) is 19.1. The van der Waals surface area contributed by atoms with Gasteiger partial charge in [-0.05, 0) is 42.4 Å². The highest BCUT2D eigenvalue weighted by atomic mass is 32.1. The average molecular weight is 547 g/mol. The highest BCUT2D eigenvalue weighted by Crippen LogP contribution is 2.40. The second kappa shape index (κ2) is 13.0. The van der Waals surface area contributed by atoms with Gasteiger partial charge < -0.3 is 19.1 Å². The van der Waals surface area contributed by atoms with Gasteiger partial charge in [-0.3, -0.25) is 15.0 Å². The number of nitrogens with one attached hydrogen (secondary N) is 1. The van der Waals surface area contributed by atoms with Crippen LogP contribution in [-0.2, 0) is 22.6 Å². The van der Waals surface area contributed by atoms with Crippen molar-refractivity contribution in [3.05, 3.63) is 83.4 Å². The molecule has 0 radical (unpaired) electrons. The molecular formula is C30H34N4O4S. The SMILES string of the molecule is COCCN(C)Cc1ccc(C(=O)Nc2nc3c(OCc4ccccc4)ccc(N4CCOCC4)c3s2)cc1. The van der Waals surface area contributed by atoms with E-state index in [-0.39, 0.29) is 5.91 Å². The van der Waals surface area contributed by atoms with Crippen LogP contribution in [0.25, 0.3) is 10.2 Å². The molecule has 2 heterocycles. The molecule has 1 aliphatic heterocycles. The maximum atomic E-state index is 13.1. The van der Waals surface area contributed by atoms with Crippen LogP contribution in [0, 0.1) is 0 Å². The number of benzene rings is 3. The standard InChI is InChI=1S/C30H34N4O4S/c1-33(14-17-36-2)20-22-8-10-24(11-9-22)29(35)32-30-31-27-26(38-21-23-6-4-3-5-7-23)13-12-25(28(27)39-30)34-15-18-37-19-16-34/h3-13H,14-21H2,1-2H3,(H,31,32,35). The lowest BCUT2D eigenvalue weighted by Gasteiger charge is -2.29. The molecule has 204 valence electrons. The lowest BCUT2D eigenvalue weighted by atomic mass is 10.1. The smallest absolute Gasteiger partial charge is 0.257 e. The summed E-state index contributed by atoms with van der Waals surface area (Å²) < 4.78 is 17.9. The summed E-state index contributed by atoms with van der Waals surface area (Å²) in [6.07, 6.45) is 0. The van der Waals surface area contributed by atoms with Crippen LogP contribution in [0.15, 0.2) is 66.7 Å². The van der Waals surface area contributed by atoms with Crippen LogP contribution < -0.4 is 15.0 Å². The first-order valence-corrected chi connectivity index (χ1v) is 13.9. The largest absolute Gasteiger partial charge is 0.487 e. The first-order valence-electron chi connectivity index (χ1n) is 13.1. The predicted molar refractivity (Wildman–Crippen MR) is 156 cm³/mol. The summed E-state index contributed by atoms with van der Waals surface area (Å²) in [5.41, 5.74) is 4.65. The third-order valence-corrected chi connectivity index (χ3v) is 7.63. The van der Waals surface area contributed by atoms with E-state index in [1.807, 2.05) is 60.7 Å². The van der Waals surface area contributed by atoms with E-state index in [1.165, 1.54) is 11.3 Å². The van der Waals surface area contributed by atoms with Gasteiger partial charge in [0.15, 0.2) is 5.13 Å². The maximum absolute atomic E-state index is 13.1. The first kappa shape index (κ1) is 27.1. The molecule has 1 N–H and O–H groups in total. The fourth-order valence-electron chi connectivity index (χ4n) is 4.50. The summed E-state index contributed by atoms with van der Waals surface area (Å²) >= 11 is 1.47. The van der Waals surface area contributed by atoms with Gasteiger partial charge in [-0.15, -0.1) is 0 Å². The lowest BCUT2D eigenvalue weighted by molar-refractivity contribution is 0.102. The highest BCUT2D eigenvalue weighted by molar-refractivity contribution is 7.23. The Hall–Kier alpha value is -3.50. The van der Waals surface area contributed by atoms with E-state index in [1.54, 1.807) is 7.11 Å². The number of anilines is 2. The molecule has 8 nitrogen and oxygen atoms in total. The minimum absolute atomic E-state index is 0.187. The Morgan fingerprint density at radius 3 is 2.56 bits per heavy atom. The Morgan fingerprint density at radius 1 is 1.05 bits per heavy atom. The van der Waals surface area contributed by atoms with Crippen LogP contribution >= 0.6 is 11.3 Å². The molecule has 4 aromatic rings. The third kappa shape index (κ3) is 6.93. The zero-order valence-corrected chi connectivity index (χ0v) is 23.2. The molecule has 0 atom stereocenters. The van der Waals surface area contributed by atoms with Crippen molar-refractivity contribution < 1.29 is 19.0 Å². The fourth-order valence-corrected chi connectivity index (χ4v) is 5.52. The van der Waals surface area contributed by atoms with Crippen LogP contribution in [0.5, 0.6) is 5.75 Å². The minimum atomic E-state index is -0.187. The van der Waals surface area contributed by atoms with Crippen molar-refractivity contribution in [3.63, 3.8) is 0 Å². The van der Waals surface area contributed by atoms with Crippen molar-refractivity contribution in [3.8, 4) is 5.75 Å². The van der Waals surface area contributed by atoms with E-state index < -0.39 is 0 Å². The van der Waals surface area contributed by atoms with Crippen molar-refractivity contribution in [1.82, 2.24) is 9.88 Å². The van der Waals surface area contributed by atoms with E-state index in [0.29, 0.717) is 42.9 Å². The van der Waals surface area contributed by atoms with E-state index >= 15 is 0 Å². The number of morpholine rings is 1. The second-order valence-electron chi connectivity index (χ2n) is 9.53. The average Bonchev–Trinajstić information content (AvgIpc) is 3.40. The normalized spacial score (nSPS) is 13.7. The molecule has 1 amide bonds. The molecule has 0 aliphatic carbocycles. The summed E-state index contributed by atoms with van der Waals surface area (Å²) in [5.74, 6) is 0.512. The van der Waals surface area contributed by atoms with Gasteiger partial charge >= 0.3 is 0 Å². The Morgan fingerprint density at radius 2 is 1.82 bits per heavy atom. The zero-order valence-electron chi connectivity index (χ0n) is 22.4. The van der Waals surface area contributed by atoms with Gasteiger partial charge in [0.2, 0.25) is 0 Å². The number of carbonyl (C=O) groups is 1. The van der Waals surface area contributed by atoms with Crippen molar-refractivity contribution in [2.45, 2.75) is 13.2 Å². The van der Waals surface area contributed by atoms with E-state index in [0.717, 1.165) is 53.2 Å². The molecule has 3 aromatic carbocycles. The number of aromatic nitrogens is 1. The van der Waals surface area contributed by atoms with Gasteiger partial charge in [0.1, 0.15) is 17.9 Å². The van der Waals surface area contributed by atoms with Gasteiger partial charge in [-0.1, -0.05) is 53.8 Å². The molecular weight excluding hydrogens is 512 g/mol. The van der Waals surface area contributed by atoms with Crippen LogP contribution in [-0.4, -0.2) is 69.4 Å². The number of thiazole rings is 1. The van der Waals surface area contributed by atoms with Crippen LogP contribution in [0.2, 0.25) is 0 Å². The Bertz CT molecular complexity index is 1370. The van der Waals surface area contributed by atoms with E-state index in [2.05, 4.69) is 28.2 Å². The van der Waals surface area contributed by atoms with Crippen molar-refractivity contribution in [1.29, 1.82) is 0 Å². The lowest BCUT2D eigenvalue weighted by Crippen LogP contribution is -2.36. The number of carbonyl (C=O) groups excluding carboxylic acids is 1. The zero-order chi connectivity index (χ0) is 27.0. The number of nitrogens with zero attached hydrogens (tertiary/aromatic N) is 3. The van der Waals surface area contributed by atoms with Crippen LogP contribution in [0.1, 0.15) is 21.5 Å². The number of methoxy groups -OCH3 is 1. The number of hydrogen-bond acceptors (Lipinski definition) is 8. The summed E-state index contributed by atoms with van der Waals surface area (Å²) in [6.45, 7) is 5.77. The highest BCUT2D eigenvalue weighted by Gasteiger charge is 2.20. The topological polar surface area (TPSA) is 76.2 Å².